The molecule has 1 aromatic heterocycles. The van der Waals surface area contributed by atoms with E-state index < -0.39 is 0 Å². The van der Waals surface area contributed by atoms with E-state index in [-0.39, 0.29) is 5.82 Å². The Kier molecular flexibility index (Phi) is 1.63. The van der Waals surface area contributed by atoms with Crippen LogP contribution in [-0.4, -0.2) is 9.78 Å². The predicted octanol–water partition coefficient (Wildman–Crippen LogP) is 1.81. The zero-order chi connectivity index (χ0) is 8.39. The van der Waals surface area contributed by atoms with Gasteiger partial charge in [-0.25, -0.2) is 9.07 Å². The Morgan fingerprint density at radius 2 is 2.33 bits per heavy atom. The highest BCUT2D eigenvalue weighted by molar-refractivity contribution is 5.28. The molecule has 0 aliphatic rings. The summed E-state index contributed by atoms with van der Waals surface area (Å²) in [5.41, 5.74) is 0.737. The van der Waals surface area contributed by atoms with Gasteiger partial charge in [0.1, 0.15) is 5.82 Å². The van der Waals surface area contributed by atoms with Gasteiger partial charge in [0, 0.05) is 18.5 Å². The average Bonchev–Trinajstić information content (AvgIpc) is 2.58. The maximum atomic E-state index is 12.5. The fourth-order valence-corrected chi connectivity index (χ4v) is 0.951. The number of aromatic nitrogens is 2. The molecular formula is C9H6FN2. The molecule has 2 aromatic rings. The van der Waals surface area contributed by atoms with E-state index in [2.05, 4.69) is 11.2 Å². The summed E-state index contributed by atoms with van der Waals surface area (Å²) >= 11 is 0. The van der Waals surface area contributed by atoms with Gasteiger partial charge < -0.3 is 0 Å². The van der Waals surface area contributed by atoms with Crippen LogP contribution in [0.15, 0.2) is 36.7 Å². The van der Waals surface area contributed by atoms with Crippen molar-refractivity contribution in [2.45, 2.75) is 0 Å². The van der Waals surface area contributed by atoms with E-state index in [0.29, 0.717) is 0 Å². The van der Waals surface area contributed by atoms with Gasteiger partial charge in [0.2, 0.25) is 0 Å². The molecule has 0 aliphatic heterocycles. The first-order valence-corrected chi connectivity index (χ1v) is 3.53. The molecule has 3 heteroatoms. The second kappa shape index (κ2) is 2.77. The number of rotatable bonds is 1. The van der Waals surface area contributed by atoms with Crippen LogP contribution in [-0.2, 0) is 0 Å². The Bertz CT molecular complexity index is 351. The van der Waals surface area contributed by atoms with Crippen molar-refractivity contribution in [1.82, 2.24) is 9.78 Å². The molecule has 2 nitrogen and oxygen atoms in total. The van der Waals surface area contributed by atoms with Gasteiger partial charge in [-0.1, -0.05) is 0 Å². The van der Waals surface area contributed by atoms with Crippen LogP contribution in [0.25, 0.3) is 5.69 Å². The third kappa shape index (κ3) is 1.21. The third-order valence-electron chi connectivity index (χ3n) is 1.51. The van der Waals surface area contributed by atoms with Crippen LogP contribution in [0.3, 0.4) is 0 Å². The van der Waals surface area contributed by atoms with Gasteiger partial charge in [-0.05, 0) is 24.3 Å². The van der Waals surface area contributed by atoms with Crippen molar-refractivity contribution in [3.05, 3.63) is 48.5 Å². The monoisotopic (exact) mass is 161 g/mol. The number of hydrogen-bond donors (Lipinski definition) is 0. The van der Waals surface area contributed by atoms with Gasteiger partial charge in [0.05, 0.1) is 5.69 Å². The van der Waals surface area contributed by atoms with Crippen LogP contribution >= 0.6 is 0 Å². The molecule has 0 saturated carbocycles. The van der Waals surface area contributed by atoms with E-state index in [4.69, 9.17) is 0 Å². The lowest BCUT2D eigenvalue weighted by Gasteiger charge is -1.98. The summed E-state index contributed by atoms with van der Waals surface area (Å²) in [7, 11) is 0. The van der Waals surface area contributed by atoms with Crippen molar-refractivity contribution in [2.24, 2.45) is 0 Å². The van der Waals surface area contributed by atoms with Crippen LogP contribution in [0.5, 0.6) is 0 Å². The number of benzene rings is 1. The normalized spacial score (nSPS) is 10.1. The first-order chi connectivity index (χ1) is 5.86. The van der Waals surface area contributed by atoms with Crippen LogP contribution in [0.1, 0.15) is 0 Å². The standard InChI is InChI=1S/C9H6FN2/c10-8-2-4-9(5-3-8)12-7-1-6-11-12/h1-4,6-7H. The summed E-state index contributed by atoms with van der Waals surface area (Å²) in [5, 5.41) is 3.98. The quantitative estimate of drug-likeness (QED) is 0.623. The van der Waals surface area contributed by atoms with Crippen molar-refractivity contribution in [2.75, 3.05) is 0 Å². The van der Waals surface area contributed by atoms with Crippen molar-refractivity contribution in [3.63, 3.8) is 0 Å². The van der Waals surface area contributed by atoms with Gasteiger partial charge in [-0.3, -0.25) is 0 Å². The lowest BCUT2D eigenvalue weighted by atomic mass is 10.3. The van der Waals surface area contributed by atoms with Crippen LogP contribution in [0, 0.1) is 11.9 Å². The summed E-state index contributed by atoms with van der Waals surface area (Å²) in [6, 6.07) is 8.87. The zero-order valence-corrected chi connectivity index (χ0v) is 6.24. The Morgan fingerprint density at radius 1 is 1.42 bits per heavy atom. The first kappa shape index (κ1) is 7.03. The summed E-state index contributed by atoms with van der Waals surface area (Å²) in [4.78, 5) is 0. The summed E-state index contributed by atoms with van der Waals surface area (Å²) in [5.74, 6) is -0.286. The van der Waals surface area contributed by atoms with Crippen molar-refractivity contribution in [3.8, 4) is 5.69 Å². The molecule has 1 radical (unpaired) electrons. The topological polar surface area (TPSA) is 17.8 Å². The van der Waals surface area contributed by atoms with Gasteiger partial charge in [0.15, 0.2) is 0 Å². The van der Waals surface area contributed by atoms with E-state index in [1.54, 1.807) is 29.2 Å². The molecule has 0 unspecified atom stereocenters. The van der Waals surface area contributed by atoms with E-state index >= 15 is 0 Å². The molecule has 0 N–H and O–H groups in total. The number of halogens is 1. The summed E-state index contributed by atoms with van der Waals surface area (Å²) < 4.78 is 14.1. The van der Waals surface area contributed by atoms with Crippen LogP contribution in [0.2, 0.25) is 0 Å². The van der Waals surface area contributed by atoms with Crippen LogP contribution in [0.4, 0.5) is 4.39 Å². The van der Waals surface area contributed by atoms with Gasteiger partial charge in [-0.15, -0.1) is 0 Å². The third-order valence-corrected chi connectivity index (χ3v) is 1.51. The molecule has 0 atom stereocenters. The highest BCUT2D eigenvalue weighted by atomic mass is 19.1. The molecule has 12 heavy (non-hydrogen) atoms. The van der Waals surface area contributed by atoms with E-state index in [1.165, 1.54) is 12.1 Å². The molecule has 1 heterocycles. The Morgan fingerprint density at radius 3 is 2.92 bits per heavy atom. The van der Waals surface area contributed by atoms with E-state index in [1.807, 2.05) is 0 Å². The first-order valence-electron chi connectivity index (χ1n) is 3.53. The Balaban J connectivity index is 2.43. The van der Waals surface area contributed by atoms with Crippen molar-refractivity contribution in [1.29, 1.82) is 0 Å². The van der Waals surface area contributed by atoms with Gasteiger partial charge >= 0.3 is 0 Å². The molecule has 1 aromatic carbocycles. The Labute approximate surface area is 69.3 Å². The smallest absolute Gasteiger partial charge is 0.123 e. The minimum absolute atomic E-state index is 0.286. The lowest BCUT2D eigenvalue weighted by molar-refractivity contribution is 0.626. The molecule has 0 bridgehead atoms. The molecule has 59 valence electrons. The molecule has 0 spiro atoms. The highest BCUT2D eigenvalue weighted by Gasteiger charge is 1.95. The zero-order valence-electron chi connectivity index (χ0n) is 6.24. The minimum Gasteiger partial charge on any atom is -0.240 e. The van der Waals surface area contributed by atoms with Gasteiger partial charge in [0.25, 0.3) is 0 Å². The molecule has 2 rings (SSSR count). The predicted molar refractivity (Wildman–Crippen MR) is 42.4 cm³/mol. The molecular weight excluding hydrogens is 155 g/mol. The summed E-state index contributed by atoms with van der Waals surface area (Å²) in [6.07, 6.45) is 3.45. The maximum absolute atomic E-state index is 12.5. The molecule has 0 fully saturated rings. The average molecular weight is 161 g/mol. The fraction of sp³-hybridized carbons (Fsp3) is 0. The van der Waals surface area contributed by atoms with Gasteiger partial charge in [-0.2, -0.15) is 5.10 Å². The van der Waals surface area contributed by atoms with E-state index in [0.717, 1.165) is 5.69 Å². The molecule has 0 amide bonds. The SMILES string of the molecule is Fc1c[c]c(-n2cccn2)cc1. The van der Waals surface area contributed by atoms with Crippen LogP contribution < -0.4 is 0 Å². The Hall–Kier alpha value is -1.64. The van der Waals surface area contributed by atoms with E-state index in [9.17, 15) is 4.39 Å². The lowest BCUT2D eigenvalue weighted by Crippen LogP contribution is -1.93. The molecule has 0 saturated heterocycles. The minimum atomic E-state index is -0.286. The second-order valence-electron chi connectivity index (χ2n) is 2.34. The second-order valence-corrected chi connectivity index (χ2v) is 2.34. The largest absolute Gasteiger partial charge is 0.240 e. The number of hydrogen-bond acceptors (Lipinski definition) is 1. The maximum Gasteiger partial charge on any atom is 0.123 e. The fourth-order valence-electron chi connectivity index (χ4n) is 0.951. The number of nitrogens with zero attached hydrogens (tertiary/aromatic N) is 2. The van der Waals surface area contributed by atoms with Crippen molar-refractivity contribution < 1.29 is 4.39 Å². The summed E-state index contributed by atoms with van der Waals surface area (Å²) in [6.45, 7) is 0. The van der Waals surface area contributed by atoms with Crippen molar-refractivity contribution >= 4 is 0 Å². The molecule has 0 aliphatic carbocycles. The highest BCUT2D eigenvalue weighted by Crippen LogP contribution is 2.05.